The molecule has 3 heterocycles. The first-order chi connectivity index (χ1) is 17.4. The summed E-state index contributed by atoms with van der Waals surface area (Å²) in [4.78, 5) is 19.3. The highest BCUT2D eigenvalue weighted by Gasteiger charge is 2.31. The summed E-state index contributed by atoms with van der Waals surface area (Å²) in [5.41, 5.74) is 3.23. The molecule has 2 aliphatic rings. The van der Waals surface area contributed by atoms with Gasteiger partial charge in [0.1, 0.15) is 11.3 Å². The number of aryl methyl sites for hydroxylation is 1. The molecule has 2 aliphatic heterocycles. The van der Waals surface area contributed by atoms with Crippen molar-refractivity contribution in [1.82, 2.24) is 9.88 Å². The van der Waals surface area contributed by atoms with E-state index in [-0.39, 0.29) is 22.2 Å². The lowest BCUT2D eigenvalue weighted by Gasteiger charge is -2.27. The molecule has 2 unspecified atom stereocenters. The Labute approximate surface area is 219 Å². The monoisotopic (exact) mass is 513 g/mol. The highest BCUT2D eigenvalue weighted by Crippen LogP contribution is 2.45. The number of hydrogen-bond donors (Lipinski definition) is 1. The quantitative estimate of drug-likeness (QED) is 0.389. The van der Waals surface area contributed by atoms with Crippen molar-refractivity contribution in [2.45, 2.75) is 70.3 Å². The van der Waals surface area contributed by atoms with Gasteiger partial charge in [-0.1, -0.05) is 39.3 Å². The van der Waals surface area contributed by atoms with Crippen LogP contribution in [0.3, 0.4) is 0 Å². The van der Waals surface area contributed by atoms with Crippen LogP contribution in [0.4, 0.5) is 10.1 Å². The molecule has 0 radical (unpaired) electrons. The van der Waals surface area contributed by atoms with Crippen LogP contribution in [0.5, 0.6) is 0 Å². The van der Waals surface area contributed by atoms with E-state index in [9.17, 15) is 9.18 Å². The summed E-state index contributed by atoms with van der Waals surface area (Å²) in [6, 6.07) is 12.0. The van der Waals surface area contributed by atoms with Gasteiger partial charge in [0.15, 0.2) is 11.5 Å². The molecule has 5 nitrogen and oxygen atoms in total. The fourth-order valence-corrected chi connectivity index (χ4v) is 6.00. The average Bonchev–Trinajstić information content (AvgIpc) is 3.53. The van der Waals surface area contributed by atoms with Crippen molar-refractivity contribution < 1.29 is 13.6 Å². The first-order valence-electron chi connectivity index (χ1n) is 13.2. The number of oxazole rings is 1. The molecule has 0 spiro atoms. The number of fused-ring (bicyclic) bond motifs is 1. The smallest absolute Gasteiger partial charge is 0.237 e. The number of carbonyl (C=O) groups excluding carboxylic acids is 1. The van der Waals surface area contributed by atoms with Crippen LogP contribution in [0.1, 0.15) is 69.6 Å². The van der Waals surface area contributed by atoms with Gasteiger partial charge in [-0.3, -0.25) is 4.79 Å². The molecule has 196 valence electrons. The van der Waals surface area contributed by atoms with Crippen molar-refractivity contribution >= 4 is 34.5 Å². The Morgan fingerprint density at radius 3 is 2.47 bits per heavy atom. The zero-order valence-electron chi connectivity index (χ0n) is 22.2. The van der Waals surface area contributed by atoms with E-state index >= 15 is 0 Å². The van der Waals surface area contributed by atoms with Crippen molar-refractivity contribution in [3.63, 3.8) is 0 Å². The maximum atomic E-state index is 13.1. The number of nitrogens with one attached hydrogen (secondary N) is 1. The Hall–Kier alpha value is -2.38. The lowest BCUT2D eigenvalue weighted by molar-refractivity contribution is -0.115. The van der Waals surface area contributed by atoms with Crippen molar-refractivity contribution in [2.24, 2.45) is 5.92 Å². The largest absolute Gasteiger partial charge is 0.441 e. The minimum absolute atomic E-state index is 0.00539. The highest BCUT2D eigenvalue weighted by molar-refractivity contribution is 8.01. The molecule has 1 N–H and O–H groups in total. The van der Waals surface area contributed by atoms with Crippen LogP contribution >= 0.6 is 11.8 Å². The molecule has 2 aromatic carbocycles. The molecule has 0 aliphatic carbocycles. The number of aromatic nitrogens is 1. The predicted molar refractivity (Wildman–Crippen MR) is 149 cm³/mol. The van der Waals surface area contributed by atoms with Gasteiger partial charge in [0.25, 0.3) is 0 Å². The second kappa shape index (κ2) is 13.8. The second-order valence-corrected chi connectivity index (χ2v) is 10.7. The number of amides is 1. The SMILES string of the molecule is CC.CCC1CCN(C)CC1.Cc1nc2cc(NC(=O)C3CCC(c4ccc(F)cc4)S3)ccc2o1. The summed E-state index contributed by atoms with van der Waals surface area (Å²) in [5.74, 6) is 1.39. The maximum Gasteiger partial charge on any atom is 0.237 e. The number of halogens is 1. The number of nitrogens with zero attached hydrogens (tertiary/aromatic N) is 2. The van der Waals surface area contributed by atoms with E-state index in [1.807, 2.05) is 32.0 Å². The predicted octanol–water partition coefficient (Wildman–Crippen LogP) is 7.62. The van der Waals surface area contributed by atoms with Gasteiger partial charge in [-0.15, -0.1) is 11.8 Å². The van der Waals surface area contributed by atoms with Gasteiger partial charge in [-0.2, -0.15) is 0 Å². The lowest BCUT2D eigenvalue weighted by atomic mass is 9.95. The van der Waals surface area contributed by atoms with Crippen LogP contribution in [0, 0.1) is 18.7 Å². The van der Waals surface area contributed by atoms with Gasteiger partial charge in [0.05, 0.1) is 5.25 Å². The van der Waals surface area contributed by atoms with Crippen molar-refractivity contribution in [3.05, 3.63) is 59.7 Å². The molecular formula is C29H40FN3O2S. The maximum absolute atomic E-state index is 13.1. The Morgan fingerprint density at radius 1 is 1.11 bits per heavy atom. The summed E-state index contributed by atoms with van der Waals surface area (Å²) < 4.78 is 18.5. The summed E-state index contributed by atoms with van der Waals surface area (Å²) in [6.45, 7) is 10.7. The van der Waals surface area contributed by atoms with Gasteiger partial charge in [-0.05, 0) is 87.6 Å². The van der Waals surface area contributed by atoms with Gasteiger partial charge in [0, 0.05) is 17.9 Å². The van der Waals surface area contributed by atoms with Gasteiger partial charge >= 0.3 is 0 Å². The molecule has 2 saturated heterocycles. The molecular weight excluding hydrogens is 473 g/mol. The zero-order valence-corrected chi connectivity index (χ0v) is 23.0. The third-order valence-corrected chi connectivity index (χ3v) is 8.35. The number of likely N-dealkylation sites (tertiary alicyclic amines) is 1. The first-order valence-corrected chi connectivity index (χ1v) is 14.1. The molecule has 7 heteroatoms. The average molecular weight is 514 g/mol. The highest BCUT2D eigenvalue weighted by atomic mass is 32.2. The third kappa shape index (κ3) is 7.81. The fraction of sp³-hybridized carbons (Fsp3) is 0.517. The van der Waals surface area contributed by atoms with Crippen LogP contribution in [0.15, 0.2) is 46.9 Å². The van der Waals surface area contributed by atoms with Gasteiger partial charge in [0.2, 0.25) is 5.91 Å². The molecule has 1 amide bonds. The van der Waals surface area contributed by atoms with Crippen LogP contribution in [-0.4, -0.2) is 41.2 Å². The van der Waals surface area contributed by atoms with E-state index < -0.39 is 0 Å². The first kappa shape index (κ1) is 28.2. The molecule has 1 aromatic heterocycles. The van der Waals surface area contributed by atoms with Crippen molar-refractivity contribution in [3.8, 4) is 0 Å². The number of benzene rings is 2. The Bertz CT molecular complexity index is 1090. The third-order valence-electron chi connectivity index (χ3n) is 6.73. The topological polar surface area (TPSA) is 58.4 Å². The van der Waals surface area contributed by atoms with Crippen LogP contribution in [0.25, 0.3) is 11.1 Å². The van der Waals surface area contributed by atoms with Gasteiger partial charge < -0.3 is 14.6 Å². The van der Waals surface area contributed by atoms with Crippen LogP contribution < -0.4 is 5.32 Å². The Morgan fingerprint density at radius 2 is 1.81 bits per heavy atom. The summed E-state index contributed by atoms with van der Waals surface area (Å²) >= 11 is 1.64. The second-order valence-electron chi connectivity index (χ2n) is 9.30. The zero-order chi connectivity index (χ0) is 26.1. The molecule has 0 saturated carbocycles. The summed E-state index contributed by atoms with van der Waals surface area (Å²) in [5, 5.41) is 3.09. The number of thioether (sulfide) groups is 1. The van der Waals surface area contributed by atoms with Crippen LogP contribution in [-0.2, 0) is 4.79 Å². The van der Waals surface area contributed by atoms with E-state index in [1.54, 1.807) is 30.8 Å². The minimum atomic E-state index is -0.237. The van der Waals surface area contributed by atoms with E-state index in [0.29, 0.717) is 11.5 Å². The number of piperidine rings is 1. The fourth-order valence-electron chi connectivity index (χ4n) is 4.57. The number of anilines is 1. The minimum Gasteiger partial charge on any atom is -0.441 e. The molecule has 2 atom stereocenters. The summed E-state index contributed by atoms with van der Waals surface area (Å²) in [6.07, 6.45) is 5.95. The molecule has 2 fully saturated rings. The number of rotatable bonds is 4. The molecule has 36 heavy (non-hydrogen) atoms. The van der Waals surface area contributed by atoms with E-state index in [1.165, 1.54) is 44.5 Å². The van der Waals surface area contributed by atoms with E-state index in [0.717, 1.165) is 35.5 Å². The standard InChI is InChI=1S/C19H17FN2O2S.C8H17N.C2H6/c1-11-21-15-10-14(6-7-16(15)24-11)22-19(23)18-9-8-17(25-18)12-2-4-13(20)5-3-12;1-3-8-4-6-9(2)7-5-8;1-2/h2-7,10,17-18H,8-9H2,1H3,(H,22,23);8H,3-7H2,1-2H3;1-2H3. The molecule has 3 aromatic rings. The van der Waals surface area contributed by atoms with E-state index in [4.69, 9.17) is 4.42 Å². The normalized spacial score (nSPS) is 20.3. The molecule has 5 rings (SSSR count). The Kier molecular flexibility index (Phi) is 10.8. The lowest BCUT2D eigenvalue weighted by Crippen LogP contribution is -2.29. The number of carbonyl (C=O) groups is 1. The summed E-state index contributed by atoms with van der Waals surface area (Å²) in [7, 11) is 2.21. The number of hydrogen-bond acceptors (Lipinski definition) is 5. The van der Waals surface area contributed by atoms with Crippen molar-refractivity contribution in [2.75, 3.05) is 25.5 Å². The Balaban J connectivity index is 0.000000276. The van der Waals surface area contributed by atoms with Gasteiger partial charge in [-0.25, -0.2) is 9.37 Å². The van der Waals surface area contributed by atoms with Crippen LogP contribution in [0.2, 0.25) is 0 Å². The molecule has 0 bridgehead atoms. The van der Waals surface area contributed by atoms with E-state index in [2.05, 4.69) is 29.2 Å². The van der Waals surface area contributed by atoms with Crippen molar-refractivity contribution in [1.29, 1.82) is 0 Å².